The minimum Gasteiger partial charge on any atom is -0.465 e. The lowest BCUT2D eigenvalue weighted by Gasteiger charge is -2.16. The highest BCUT2D eigenvalue weighted by molar-refractivity contribution is 7.99. The Kier molecular flexibility index (Phi) is 5.13. The van der Waals surface area contributed by atoms with Crippen LogP contribution in [0.25, 0.3) is 17.0 Å². The number of aromatic amines is 1. The van der Waals surface area contributed by atoms with Gasteiger partial charge in [-0.25, -0.2) is 9.89 Å². The fourth-order valence-electron chi connectivity index (χ4n) is 3.93. The zero-order valence-electron chi connectivity index (χ0n) is 18.0. The molecule has 5 nitrogen and oxygen atoms in total. The molecule has 1 aliphatic heterocycles. The van der Waals surface area contributed by atoms with Crippen LogP contribution in [0.4, 0.5) is 5.82 Å². The maximum Gasteiger partial charge on any atom is 0.284 e. The van der Waals surface area contributed by atoms with Crippen LogP contribution in [0.5, 0.6) is 0 Å². The Hall–Kier alpha value is -4.29. The molecule has 3 heterocycles. The summed E-state index contributed by atoms with van der Waals surface area (Å²) in [7, 11) is 0. The van der Waals surface area contributed by atoms with Crippen molar-refractivity contribution in [3.63, 3.8) is 0 Å². The summed E-state index contributed by atoms with van der Waals surface area (Å²) in [5.41, 5.74) is 2.14. The summed E-state index contributed by atoms with van der Waals surface area (Å²) in [6.45, 7) is 0. The van der Waals surface area contributed by atoms with Crippen LogP contribution in [0.2, 0.25) is 0 Å². The van der Waals surface area contributed by atoms with Gasteiger partial charge in [0.1, 0.15) is 23.1 Å². The Morgan fingerprint density at radius 2 is 1.65 bits per heavy atom. The number of H-pyrrole nitrogens is 1. The van der Waals surface area contributed by atoms with Crippen molar-refractivity contribution in [2.75, 3.05) is 4.90 Å². The van der Waals surface area contributed by atoms with E-state index in [1.54, 1.807) is 41.1 Å². The first-order chi connectivity index (χ1) is 16.7. The number of carbonyl (C=O) groups excluding carboxylic acids is 1. The van der Waals surface area contributed by atoms with Crippen molar-refractivity contribution >= 4 is 46.3 Å². The summed E-state index contributed by atoms with van der Waals surface area (Å²) in [4.78, 5) is 25.5. The van der Waals surface area contributed by atoms with Crippen molar-refractivity contribution < 1.29 is 9.21 Å². The molecule has 0 spiro atoms. The van der Waals surface area contributed by atoms with E-state index in [1.165, 1.54) is 4.90 Å². The van der Waals surface area contributed by atoms with Gasteiger partial charge >= 0.3 is 0 Å². The van der Waals surface area contributed by atoms with Gasteiger partial charge in [-0.15, -0.1) is 0 Å². The standard InChI is InChI=1S/C28H19N3O2S/c32-28-25(18-21-10-7-15-33-21)30-27(19-8-3-1-4-9-19)31(28)26-17-20-16-23(13-14-24(20)29-26)34-22-11-5-2-6-12-22/h1-18,29H/b25-18-. The number of anilines is 1. The summed E-state index contributed by atoms with van der Waals surface area (Å²) >= 11 is 1.71. The van der Waals surface area contributed by atoms with E-state index >= 15 is 0 Å². The van der Waals surface area contributed by atoms with Crippen molar-refractivity contribution in [1.82, 2.24) is 4.98 Å². The Morgan fingerprint density at radius 3 is 2.41 bits per heavy atom. The van der Waals surface area contributed by atoms with Gasteiger partial charge in [0.25, 0.3) is 5.91 Å². The average molecular weight is 462 g/mol. The Bertz CT molecular complexity index is 1530. The van der Waals surface area contributed by atoms with Crippen molar-refractivity contribution in [3.8, 4) is 0 Å². The first kappa shape index (κ1) is 20.3. The molecule has 2 aromatic heterocycles. The maximum absolute atomic E-state index is 13.5. The highest BCUT2D eigenvalue weighted by Crippen LogP contribution is 2.33. The Labute approximate surface area is 200 Å². The number of furan rings is 1. The van der Waals surface area contributed by atoms with E-state index in [9.17, 15) is 4.79 Å². The number of carbonyl (C=O) groups is 1. The lowest BCUT2D eigenvalue weighted by atomic mass is 10.2. The summed E-state index contributed by atoms with van der Waals surface area (Å²) in [6, 6.07) is 31.8. The van der Waals surface area contributed by atoms with Crippen molar-refractivity contribution in [1.29, 1.82) is 0 Å². The maximum atomic E-state index is 13.5. The molecule has 0 bridgehead atoms. The molecule has 0 aliphatic carbocycles. The van der Waals surface area contributed by atoms with Crippen LogP contribution in [0.3, 0.4) is 0 Å². The van der Waals surface area contributed by atoms with E-state index in [0.29, 0.717) is 23.1 Å². The van der Waals surface area contributed by atoms with E-state index in [2.05, 4.69) is 34.2 Å². The topological polar surface area (TPSA) is 61.6 Å². The lowest BCUT2D eigenvalue weighted by molar-refractivity contribution is -0.113. The molecule has 0 saturated heterocycles. The number of nitrogens with one attached hydrogen (secondary N) is 1. The van der Waals surface area contributed by atoms with E-state index in [4.69, 9.17) is 4.42 Å². The molecule has 3 aromatic carbocycles. The molecule has 6 heteroatoms. The normalized spacial score (nSPS) is 14.8. The first-order valence-electron chi connectivity index (χ1n) is 10.8. The first-order valence-corrected chi connectivity index (χ1v) is 11.7. The number of aromatic nitrogens is 1. The van der Waals surface area contributed by atoms with Crippen LogP contribution in [-0.4, -0.2) is 16.7 Å². The molecule has 0 atom stereocenters. The Balaban J connectivity index is 1.39. The van der Waals surface area contributed by atoms with Gasteiger partial charge in [-0.05, 0) is 48.5 Å². The summed E-state index contributed by atoms with van der Waals surface area (Å²) in [5.74, 6) is 1.63. The minimum absolute atomic E-state index is 0.208. The second kappa shape index (κ2) is 8.57. The van der Waals surface area contributed by atoms with Gasteiger partial charge in [-0.2, -0.15) is 0 Å². The van der Waals surface area contributed by atoms with Gasteiger partial charge in [0.2, 0.25) is 0 Å². The number of nitrogens with zero attached hydrogens (tertiary/aromatic N) is 2. The SMILES string of the molecule is O=C1/C(=C/c2ccco2)N=C(c2ccccc2)N1c1cc2cc(Sc3ccccc3)ccc2[nH]1. The number of hydrogen-bond donors (Lipinski definition) is 1. The van der Waals surface area contributed by atoms with E-state index < -0.39 is 0 Å². The number of amides is 1. The van der Waals surface area contributed by atoms with Crippen LogP contribution in [0.1, 0.15) is 11.3 Å². The van der Waals surface area contributed by atoms with Crippen molar-refractivity contribution in [2.24, 2.45) is 4.99 Å². The second-order valence-corrected chi connectivity index (χ2v) is 8.95. The molecule has 0 radical (unpaired) electrons. The van der Waals surface area contributed by atoms with E-state index in [0.717, 1.165) is 21.4 Å². The summed E-state index contributed by atoms with van der Waals surface area (Å²) < 4.78 is 5.41. The fourth-order valence-corrected chi connectivity index (χ4v) is 4.82. The van der Waals surface area contributed by atoms with E-state index in [-0.39, 0.29) is 5.91 Å². The minimum atomic E-state index is -0.208. The third kappa shape index (κ3) is 3.84. The molecule has 6 rings (SSSR count). The number of amidine groups is 1. The van der Waals surface area contributed by atoms with E-state index in [1.807, 2.05) is 60.7 Å². The summed E-state index contributed by atoms with van der Waals surface area (Å²) in [5, 5.41) is 1.03. The highest BCUT2D eigenvalue weighted by atomic mass is 32.2. The smallest absolute Gasteiger partial charge is 0.284 e. The van der Waals surface area contributed by atoms with Crippen molar-refractivity contribution in [2.45, 2.75) is 9.79 Å². The highest BCUT2D eigenvalue weighted by Gasteiger charge is 2.33. The quantitative estimate of drug-likeness (QED) is 0.295. The van der Waals surface area contributed by atoms with Crippen molar-refractivity contribution in [3.05, 3.63) is 120 Å². The predicted molar refractivity (Wildman–Crippen MR) is 136 cm³/mol. The number of aliphatic imine (C=N–C) groups is 1. The largest absolute Gasteiger partial charge is 0.465 e. The lowest BCUT2D eigenvalue weighted by Crippen LogP contribution is -2.32. The van der Waals surface area contributed by atoms with Gasteiger partial charge in [0.05, 0.1) is 6.26 Å². The zero-order chi connectivity index (χ0) is 22.9. The van der Waals surface area contributed by atoms with Gasteiger partial charge < -0.3 is 9.40 Å². The molecule has 1 N–H and O–H groups in total. The molecular weight excluding hydrogens is 442 g/mol. The molecule has 34 heavy (non-hydrogen) atoms. The van der Waals surface area contributed by atoms with Crippen LogP contribution in [-0.2, 0) is 4.79 Å². The molecule has 1 amide bonds. The predicted octanol–water partition coefficient (Wildman–Crippen LogP) is 6.75. The third-order valence-electron chi connectivity index (χ3n) is 5.51. The molecule has 5 aromatic rings. The number of rotatable bonds is 5. The molecule has 1 aliphatic rings. The van der Waals surface area contributed by atoms with Gasteiger partial charge in [0.15, 0.2) is 0 Å². The number of fused-ring (bicyclic) bond motifs is 1. The molecular formula is C28H19N3O2S. The summed E-state index contributed by atoms with van der Waals surface area (Å²) in [6.07, 6.45) is 3.25. The van der Waals surface area contributed by atoms with Crippen LogP contribution < -0.4 is 4.90 Å². The number of hydrogen-bond acceptors (Lipinski definition) is 4. The zero-order valence-corrected chi connectivity index (χ0v) is 18.8. The van der Waals surface area contributed by atoms with Crippen LogP contribution in [0.15, 0.2) is 128 Å². The monoisotopic (exact) mass is 461 g/mol. The molecule has 0 fully saturated rings. The molecule has 0 unspecified atom stereocenters. The molecule has 0 saturated carbocycles. The average Bonchev–Trinajstić information content (AvgIpc) is 3.60. The molecule has 164 valence electrons. The van der Waals surface area contributed by atoms with Gasteiger partial charge in [-0.3, -0.25) is 4.79 Å². The third-order valence-corrected chi connectivity index (χ3v) is 6.51. The van der Waals surface area contributed by atoms with Gasteiger partial charge in [-0.1, -0.05) is 60.3 Å². The van der Waals surface area contributed by atoms with Crippen LogP contribution >= 0.6 is 11.8 Å². The fraction of sp³-hybridized carbons (Fsp3) is 0. The Morgan fingerprint density at radius 1 is 0.853 bits per heavy atom. The van der Waals surface area contributed by atoms with Gasteiger partial charge in [0, 0.05) is 32.3 Å². The number of benzene rings is 3. The second-order valence-electron chi connectivity index (χ2n) is 7.81. The van der Waals surface area contributed by atoms with Crippen LogP contribution in [0, 0.1) is 0 Å².